The standard InChI is InChI=1S/C20H26N4O4S/c1-14-3-4-18(15(2)13-14)29(26,27)24-7-5-16-17(6-8-24)21-20(22-19(16)25)23-9-11-28-12-10-23/h3-4,13H,5-12H2,1-2H3,(H,21,22,25). The number of nitrogens with zero attached hydrogens (tertiary/aromatic N) is 3. The molecule has 2 aliphatic heterocycles. The van der Waals surface area contributed by atoms with Crippen molar-refractivity contribution in [1.29, 1.82) is 0 Å². The third-order valence-corrected chi connectivity index (χ3v) is 7.62. The molecule has 9 heteroatoms. The second-order valence-corrected chi connectivity index (χ2v) is 9.49. The molecule has 0 atom stereocenters. The highest BCUT2D eigenvalue weighted by Crippen LogP contribution is 2.24. The Morgan fingerprint density at radius 2 is 1.79 bits per heavy atom. The number of ether oxygens (including phenoxy) is 1. The number of hydrogen-bond donors (Lipinski definition) is 1. The minimum atomic E-state index is -3.63. The van der Waals surface area contributed by atoms with Gasteiger partial charge in [-0.15, -0.1) is 0 Å². The highest BCUT2D eigenvalue weighted by molar-refractivity contribution is 7.89. The van der Waals surface area contributed by atoms with Gasteiger partial charge in [0.15, 0.2) is 0 Å². The first kappa shape index (κ1) is 20.1. The predicted octanol–water partition coefficient (Wildman–Crippen LogP) is 1.01. The lowest BCUT2D eigenvalue weighted by Crippen LogP contribution is -2.38. The van der Waals surface area contributed by atoms with E-state index in [9.17, 15) is 13.2 Å². The van der Waals surface area contributed by atoms with Gasteiger partial charge in [-0.3, -0.25) is 9.78 Å². The maximum atomic E-state index is 13.2. The van der Waals surface area contributed by atoms with Crippen LogP contribution in [0.3, 0.4) is 0 Å². The molecule has 0 bridgehead atoms. The van der Waals surface area contributed by atoms with Gasteiger partial charge in [0, 0.05) is 38.2 Å². The summed E-state index contributed by atoms with van der Waals surface area (Å²) in [5.74, 6) is 0.544. The van der Waals surface area contributed by atoms with Crippen LogP contribution >= 0.6 is 0 Å². The summed E-state index contributed by atoms with van der Waals surface area (Å²) < 4.78 is 33.3. The van der Waals surface area contributed by atoms with Crippen LogP contribution in [0.15, 0.2) is 27.9 Å². The average molecular weight is 419 g/mol. The van der Waals surface area contributed by atoms with Gasteiger partial charge in [0.25, 0.3) is 5.56 Å². The molecule has 0 saturated carbocycles. The quantitative estimate of drug-likeness (QED) is 0.799. The van der Waals surface area contributed by atoms with Gasteiger partial charge < -0.3 is 9.64 Å². The van der Waals surface area contributed by atoms with Gasteiger partial charge in [0.05, 0.1) is 23.8 Å². The van der Waals surface area contributed by atoms with Gasteiger partial charge in [0.2, 0.25) is 16.0 Å². The van der Waals surface area contributed by atoms with E-state index in [2.05, 4.69) is 9.97 Å². The average Bonchev–Trinajstić information content (AvgIpc) is 2.92. The first-order valence-electron chi connectivity index (χ1n) is 9.88. The molecule has 1 N–H and O–H groups in total. The van der Waals surface area contributed by atoms with Crippen molar-refractivity contribution in [3.8, 4) is 0 Å². The summed E-state index contributed by atoms with van der Waals surface area (Å²) in [6, 6.07) is 5.35. The van der Waals surface area contributed by atoms with Gasteiger partial charge in [-0.1, -0.05) is 17.7 Å². The van der Waals surface area contributed by atoms with E-state index in [1.165, 1.54) is 4.31 Å². The fourth-order valence-corrected chi connectivity index (χ4v) is 5.62. The fraction of sp³-hybridized carbons (Fsp3) is 0.500. The Balaban J connectivity index is 1.60. The van der Waals surface area contributed by atoms with Crippen LogP contribution in [0.25, 0.3) is 0 Å². The molecule has 4 rings (SSSR count). The van der Waals surface area contributed by atoms with Gasteiger partial charge in [-0.05, 0) is 31.9 Å². The molecular formula is C20H26N4O4S. The molecule has 29 heavy (non-hydrogen) atoms. The molecule has 1 aromatic carbocycles. The molecule has 0 amide bonds. The Labute approximate surface area is 170 Å². The zero-order valence-corrected chi connectivity index (χ0v) is 17.6. The molecule has 0 unspecified atom stereocenters. The summed E-state index contributed by atoms with van der Waals surface area (Å²) in [5.41, 5.74) is 2.85. The summed E-state index contributed by atoms with van der Waals surface area (Å²) in [5, 5.41) is 0. The van der Waals surface area contributed by atoms with Crippen molar-refractivity contribution in [3.05, 3.63) is 50.9 Å². The summed E-state index contributed by atoms with van der Waals surface area (Å²) in [4.78, 5) is 22.5. The molecule has 1 fully saturated rings. The second-order valence-electron chi connectivity index (χ2n) is 7.59. The Morgan fingerprint density at radius 3 is 2.52 bits per heavy atom. The van der Waals surface area contributed by atoms with Crippen molar-refractivity contribution < 1.29 is 13.2 Å². The van der Waals surface area contributed by atoms with E-state index in [0.29, 0.717) is 67.8 Å². The minimum absolute atomic E-state index is 0.178. The van der Waals surface area contributed by atoms with E-state index in [-0.39, 0.29) is 12.1 Å². The SMILES string of the molecule is Cc1ccc(S(=O)(=O)N2CCc3nc(N4CCOCC4)[nH]c(=O)c3CC2)c(C)c1. The Bertz CT molecular complexity index is 1070. The van der Waals surface area contributed by atoms with Crippen molar-refractivity contribution in [2.45, 2.75) is 31.6 Å². The van der Waals surface area contributed by atoms with Crippen molar-refractivity contribution in [3.63, 3.8) is 0 Å². The molecule has 2 aliphatic rings. The number of H-pyrrole nitrogens is 1. The molecule has 156 valence electrons. The number of nitrogens with one attached hydrogen (secondary N) is 1. The van der Waals surface area contributed by atoms with Crippen molar-refractivity contribution in [2.24, 2.45) is 0 Å². The fourth-order valence-electron chi connectivity index (χ4n) is 3.97. The lowest BCUT2D eigenvalue weighted by molar-refractivity contribution is 0.122. The molecule has 3 heterocycles. The number of morpholine rings is 1. The van der Waals surface area contributed by atoms with E-state index < -0.39 is 10.0 Å². The number of fused-ring (bicyclic) bond motifs is 1. The molecule has 8 nitrogen and oxygen atoms in total. The maximum Gasteiger partial charge on any atom is 0.255 e. The summed E-state index contributed by atoms with van der Waals surface area (Å²) in [7, 11) is -3.63. The lowest BCUT2D eigenvalue weighted by Gasteiger charge is -2.27. The van der Waals surface area contributed by atoms with Gasteiger partial charge in [0.1, 0.15) is 0 Å². The number of anilines is 1. The van der Waals surface area contributed by atoms with E-state index in [4.69, 9.17) is 4.74 Å². The molecular weight excluding hydrogens is 392 g/mol. The van der Waals surface area contributed by atoms with E-state index in [1.54, 1.807) is 6.07 Å². The summed E-state index contributed by atoms with van der Waals surface area (Å²) >= 11 is 0. The molecule has 1 aromatic heterocycles. The third kappa shape index (κ3) is 3.94. The molecule has 0 spiro atoms. The largest absolute Gasteiger partial charge is 0.378 e. The number of aromatic amines is 1. The van der Waals surface area contributed by atoms with Crippen molar-refractivity contribution in [2.75, 3.05) is 44.3 Å². The van der Waals surface area contributed by atoms with Crippen molar-refractivity contribution in [1.82, 2.24) is 14.3 Å². The highest BCUT2D eigenvalue weighted by atomic mass is 32.2. The molecule has 0 aliphatic carbocycles. The minimum Gasteiger partial charge on any atom is -0.378 e. The second kappa shape index (κ2) is 7.89. The Morgan fingerprint density at radius 1 is 1.07 bits per heavy atom. The normalized spacial score (nSPS) is 18.3. The van der Waals surface area contributed by atoms with Crippen LogP contribution in [0.1, 0.15) is 22.4 Å². The highest BCUT2D eigenvalue weighted by Gasteiger charge is 2.29. The number of aromatic nitrogens is 2. The van der Waals surface area contributed by atoms with E-state index in [0.717, 1.165) is 11.1 Å². The van der Waals surface area contributed by atoms with Crippen LogP contribution in [0.5, 0.6) is 0 Å². The summed E-state index contributed by atoms with van der Waals surface area (Å²) in [6.07, 6.45) is 0.770. The molecule has 2 aromatic rings. The van der Waals surface area contributed by atoms with Gasteiger partial charge in [-0.2, -0.15) is 4.31 Å². The first-order chi connectivity index (χ1) is 13.9. The van der Waals surface area contributed by atoms with Crippen LogP contribution in [0.2, 0.25) is 0 Å². The van der Waals surface area contributed by atoms with Gasteiger partial charge >= 0.3 is 0 Å². The predicted molar refractivity (Wildman–Crippen MR) is 110 cm³/mol. The third-order valence-electron chi connectivity index (χ3n) is 5.56. The maximum absolute atomic E-state index is 13.2. The van der Waals surface area contributed by atoms with Crippen LogP contribution in [0.4, 0.5) is 5.95 Å². The summed E-state index contributed by atoms with van der Waals surface area (Å²) in [6.45, 7) is 6.88. The topological polar surface area (TPSA) is 95.6 Å². The van der Waals surface area contributed by atoms with E-state index in [1.807, 2.05) is 30.9 Å². The number of aryl methyl sites for hydroxylation is 2. The zero-order chi connectivity index (χ0) is 20.6. The number of sulfonamides is 1. The van der Waals surface area contributed by atoms with Crippen molar-refractivity contribution >= 4 is 16.0 Å². The van der Waals surface area contributed by atoms with Crippen LogP contribution in [-0.4, -0.2) is 62.1 Å². The molecule has 0 radical (unpaired) electrons. The van der Waals surface area contributed by atoms with E-state index >= 15 is 0 Å². The monoisotopic (exact) mass is 418 g/mol. The number of hydrogen-bond acceptors (Lipinski definition) is 6. The number of benzene rings is 1. The zero-order valence-electron chi connectivity index (χ0n) is 16.8. The van der Waals surface area contributed by atoms with Crippen LogP contribution < -0.4 is 10.5 Å². The Kier molecular flexibility index (Phi) is 5.46. The smallest absolute Gasteiger partial charge is 0.255 e. The molecule has 1 saturated heterocycles. The number of rotatable bonds is 3. The Hall–Kier alpha value is -2.23. The van der Waals surface area contributed by atoms with Crippen LogP contribution in [-0.2, 0) is 27.6 Å². The van der Waals surface area contributed by atoms with Crippen LogP contribution in [0, 0.1) is 13.8 Å². The first-order valence-corrected chi connectivity index (χ1v) is 11.3. The van der Waals surface area contributed by atoms with Gasteiger partial charge in [-0.25, -0.2) is 13.4 Å². The lowest BCUT2D eigenvalue weighted by atomic mass is 10.1.